The predicted octanol–water partition coefficient (Wildman–Crippen LogP) is 5.03. The number of aliphatic imine (C=N–C) groups is 1. The lowest BCUT2D eigenvalue weighted by atomic mass is 10.0. The summed E-state index contributed by atoms with van der Waals surface area (Å²) in [5.41, 5.74) is 5.41. The Hall–Kier alpha value is -2.58. The van der Waals surface area contributed by atoms with Crippen LogP contribution in [-0.4, -0.2) is 24.2 Å². The van der Waals surface area contributed by atoms with Gasteiger partial charge in [-0.15, -0.1) is 13.2 Å². The Morgan fingerprint density at radius 1 is 1.18 bits per heavy atom. The predicted molar refractivity (Wildman–Crippen MR) is 100 cm³/mol. The molecule has 0 radical (unpaired) electrons. The third-order valence-corrected chi connectivity index (χ3v) is 3.97. The van der Waals surface area contributed by atoms with Gasteiger partial charge in [0.2, 0.25) is 0 Å². The molecule has 3 N–H and O–H groups in total. The number of nitrogens with zero attached hydrogens (tertiary/aromatic N) is 1. The first kappa shape index (κ1) is 23.5. The van der Waals surface area contributed by atoms with Crippen molar-refractivity contribution in [2.24, 2.45) is 16.6 Å². The third-order valence-electron chi connectivity index (χ3n) is 3.97. The van der Waals surface area contributed by atoms with Crippen molar-refractivity contribution in [1.29, 1.82) is 5.41 Å². The minimum Gasteiger partial charge on any atom is -0.411 e. The van der Waals surface area contributed by atoms with E-state index in [4.69, 9.17) is 15.9 Å². The van der Waals surface area contributed by atoms with Crippen LogP contribution in [-0.2, 0) is 4.74 Å². The van der Waals surface area contributed by atoms with E-state index in [0.29, 0.717) is 0 Å². The van der Waals surface area contributed by atoms with E-state index in [1.165, 1.54) is 12.1 Å². The van der Waals surface area contributed by atoms with Crippen LogP contribution in [0.15, 0.2) is 29.3 Å². The van der Waals surface area contributed by atoms with Gasteiger partial charge in [-0.2, -0.15) is 4.99 Å². The molecule has 0 heterocycles. The van der Waals surface area contributed by atoms with Crippen LogP contribution in [0, 0.1) is 11.3 Å². The average molecular weight is 401 g/mol. The lowest BCUT2D eigenvalue weighted by Gasteiger charge is -2.15. The zero-order valence-corrected chi connectivity index (χ0v) is 16.0. The highest BCUT2D eigenvalue weighted by molar-refractivity contribution is 6.03. The van der Waals surface area contributed by atoms with Crippen LogP contribution >= 0.6 is 0 Å². The highest BCUT2D eigenvalue weighted by Gasteiger charge is 2.31. The summed E-state index contributed by atoms with van der Waals surface area (Å²) in [5.74, 6) is -1.53. The zero-order chi connectivity index (χ0) is 21.2. The Bertz CT molecular complexity index is 682. The number of benzene rings is 1. The number of nitrogens with one attached hydrogen (secondary N) is 1. The molecule has 1 aliphatic carbocycles. The minimum atomic E-state index is -4.86. The number of amidine groups is 1. The number of amides is 1. The van der Waals surface area contributed by atoms with Crippen molar-refractivity contribution < 1.29 is 27.4 Å². The third kappa shape index (κ3) is 8.41. The number of halogens is 3. The normalized spacial score (nSPS) is 15.7. The van der Waals surface area contributed by atoms with E-state index in [1.807, 2.05) is 13.8 Å². The molecule has 1 saturated carbocycles. The van der Waals surface area contributed by atoms with Gasteiger partial charge >= 0.3 is 6.36 Å². The number of carbonyl (C=O) groups excluding carboxylic acids is 1. The van der Waals surface area contributed by atoms with E-state index in [1.54, 1.807) is 0 Å². The van der Waals surface area contributed by atoms with E-state index < -0.39 is 24.0 Å². The molecule has 0 spiro atoms. The van der Waals surface area contributed by atoms with E-state index in [0.717, 1.165) is 50.7 Å². The van der Waals surface area contributed by atoms with Crippen molar-refractivity contribution in [3.8, 4) is 5.75 Å². The van der Waals surface area contributed by atoms with Gasteiger partial charge in [-0.1, -0.05) is 45.6 Å². The van der Waals surface area contributed by atoms with Crippen molar-refractivity contribution in [3.05, 3.63) is 29.8 Å². The Labute approximate surface area is 162 Å². The van der Waals surface area contributed by atoms with Gasteiger partial charge in [-0.3, -0.25) is 10.2 Å². The van der Waals surface area contributed by atoms with Gasteiger partial charge < -0.3 is 15.2 Å². The summed E-state index contributed by atoms with van der Waals surface area (Å²) in [7, 11) is 0. The second kappa shape index (κ2) is 11.3. The van der Waals surface area contributed by atoms with Crippen molar-refractivity contribution in [2.45, 2.75) is 58.7 Å². The molecular weight excluding hydrogens is 375 g/mol. The number of alkyl halides is 3. The van der Waals surface area contributed by atoms with Crippen LogP contribution in [0.4, 0.5) is 13.2 Å². The Morgan fingerprint density at radius 2 is 1.79 bits per heavy atom. The summed E-state index contributed by atoms with van der Waals surface area (Å²) in [5, 5.41) is 7.95. The van der Waals surface area contributed by atoms with Gasteiger partial charge in [0.25, 0.3) is 11.9 Å². The summed E-state index contributed by atoms with van der Waals surface area (Å²) < 4.78 is 45.6. The van der Waals surface area contributed by atoms with Crippen LogP contribution < -0.4 is 10.5 Å². The van der Waals surface area contributed by atoms with Crippen LogP contribution in [0.5, 0.6) is 5.75 Å². The molecule has 1 aliphatic rings. The van der Waals surface area contributed by atoms with Crippen molar-refractivity contribution in [1.82, 2.24) is 0 Å². The molecule has 28 heavy (non-hydrogen) atoms. The maximum absolute atomic E-state index is 12.2. The first-order valence-electron chi connectivity index (χ1n) is 9.25. The molecule has 0 aliphatic heterocycles. The first-order valence-corrected chi connectivity index (χ1v) is 9.25. The number of ether oxygens (including phenoxy) is 2. The van der Waals surface area contributed by atoms with E-state index in [9.17, 15) is 18.0 Å². The summed E-state index contributed by atoms with van der Waals surface area (Å²) in [6.07, 6.45) is 0.996. The highest BCUT2D eigenvalue weighted by Crippen LogP contribution is 2.25. The Balaban J connectivity index is 0.00000190. The van der Waals surface area contributed by atoms with Gasteiger partial charge in [-0.25, -0.2) is 0 Å². The number of rotatable bonds is 3. The quantitative estimate of drug-likeness (QED) is 0.422. The molecule has 0 atom stereocenters. The van der Waals surface area contributed by atoms with E-state index in [2.05, 4.69) is 9.73 Å². The van der Waals surface area contributed by atoms with Gasteiger partial charge in [0.05, 0.1) is 0 Å². The van der Waals surface area contributed by atoms with Crippen molar-refractivity contribution in [2.75, 3.05) is 0 Å². The van der Waals surface area contributed by atoms with Crippen LogP contribution in [0.25, 0.3) is 0 Å². The van der Waals surface area contributed by atoms with Crippen LogP contribution in [0.1, 0.15) is 62.7 Å². The average Bonchev–Trinajstić information content (AvgIpc) is 2.91. The lowest BCUT2D eigenvalue weighted by Crippen LogP contribution is -2.26. The van der Waals surface area contributed by atoms with Gasteiger partial charge in [0, 0.05) is 11.5 Å². The minimum absolute atomic E-state index is 0.0462. The second-order valence-corrected chi connectivity index (χ2v) is 5.99. The smallest absolute Gasteiger partial charge is 0.411 e. The summed E-state index contributed by atoms with van der Waals surface area (Å²) in [6, 6.07) is 3.97. The monoisotopic (exact) mass is 401 g/mol. The number of hydrogen-bond acceptors (Lipinski definition) is 4. The van der Waals surface area contributed by atoms with E-state index in [-0.39, 0.29) is 17.4 Å². The molecule has 1 fully saturated rings. The molecule has 1 aromatic rings. The molecule has 2 rings (SSSR count). The molecule has 1 amide bonds. The van der Waals surface area contributed by atoms with Crippen LogP contribution in [0.3, 0.4) is 0 Å². The molecule has 0 aromatic heterocycles. The molecule has 0 unspecified atom stereocenters. The maximum Gasteiger partial charge on any atom is 0.573 e. The Kier molecular flexibility index (Phi) is 9.47. The maximum atomic E-state index is 12.2. The fourth-order valence-electron chi connectivity index (χ4n) is 2.75. The number of hydrogen-bond donors (Lipinski definition) is 2. The summed E-state index contributed by atoms with van der Waals surface area (Å²) in [6.45, 7) is 4.00. The molecule has 9 heteroatoms. The molecule has 156 valence electrons. The fourth-order valence-corrected chi connectivity index (χ4v) is 2.75. The highest BCUT2D eigenvalue weighted by atomic mass is 19.4. The first-order chi connectivity index (χ1) is 13.2. The Morgan fingerprint density at radius 3 is 2.36 bits per heavy atom. The van der Waals surface area contributed by atoms with Crippen molar-refractivity contribution >= 4 is 17.8 Å². The topological polar surface area (TPSA) is 97.8 Å². The van der Waals surface area contributed by atoms with Gasteiger partial charge in [-0.05, 0) is 31.0 Å². The molecular formula is C19H26F3N3O3. The van der Waals surface area contributed by atoms with Crippen LogP contribution in [0.2, 0.25) is 0 Å². The van der Waals surface area contributed by atoms with E-state index >= 15 is 0 Å². The van der Waals surface area contributed by atoms with Gasteiger partial charge in [0.1, 0.15) is 5.75 Å². The van der Waals surface area contributed by atoms with Gasteiger partial charge in [0.15, 0.2) is 5.90 Å². The molecule has 6 nitrogen and oxygen atoms in total. The standard InChI is InChI=1S/C17H20F3N3O3.C2H6/c18-17(19,20)26-13-9-5-8-12(10-13)15(24)23-16(22)25-14(21)11-6-3-1-2-4-7-11;1-2/h5,8-11,21H,1-4,6-7H2,(H2,22,23,24);1-2H3. The fraction of sp³-hybridized carbons (Fsp3) is 0.526. The number of nitrogens with two attached hydrogens (primary N) is 1. The summed E-state index contributed by atoms with van der Waals surface area (Å²) in [4.78, 5) is 15.5. The lowest BCUT2D eigenvalue weighted by molar-refractivity contribution is -0.274. The zero-order valence-electron chi connectivity index (χ0n) is 16.0. The molecule has 1 aromatic carbocycles. The molecule has 0 bridgehead atoms. The second-order valence-electron chi connectivity index (χ2n) is 5.99. The largest absolute Gasteiger partial charge is 0.573 e. The summed E-state index contributed by atoms with van der Waals surface area (Å²) >= 11 is 0. The van der Waals surface area contributed by atoms with Crippen molar-refractivity contribution in [3.63, 3.8) is 0 Å². The number of carbonyl (C=O) groups is 1. The SMILES string of the molecule is CC.N=C(OC(N)=NC(=O)c1cccc(OC(F)(F)F)c1)C1CCCCCC1. The molecule has 0 saturated heterocycles.